The number of alkyl halides is 3. The van der Waals surface area contributed by atoms with Gasteiger partial charge in [0.2, 0.25) is 0 Å². The number of esters is 1. The van der Waals surface area contributed by atoms with Crippen molar-refractivity contribution in [2.45, 2.75) is 6.18 Å². The molecule has 0 radical (unpaired) electrons. The largest absolute Gasteiger partial charge is 0.542 e. The molecule has 0 aromatic rings. The van der Waals surface area contributed by atoms with Crippen LogP contribution in [-0.2, 0) is 14.3 Å². The van der Waals surface area contributed by atoms with Gasteiger partial charge in [-0.15, -0.1) is 0 Å². The second kappa shape index (κ2) is 7.22. The molecule has 2 N–H and O–H groups in total. The van der Waals surface area contributed by atoms with Crippen LogP contribution in [0.4, 0.5) is 13.2 Å². The lowest BCUT2D eigenvalue weighted by Crippen LogP contribution is -2.78. The van der Waals surface area contributed by atoms with Gasteiger partial charge in [-0.05, 0) is 0 Å². The molecule has 1 aliphatic rings. The maximum Gasteiger partial charge on any atom is 0.430 e. The highest BCUT2D eigenvalue weighted by molar-refractivity contribution is 5.82. The van der Waals surface area contributed by atoms with Crippen LogP contribution >= 0.6 is 0 Å². The molecule has 18 heavy (non-hydrogen) atoms. The van der Waals surface area contributed by atoms with E-state index in [1.807, 2.05) is 0 Å². The summed E-state index contributed by atoms with van der Waals surface area (Å²) in [5.74, 6) is -3.36. The van der Waals surface area contributed by atoms with E-state index in [0.717, 1.165) is 5.70 Å². The van der Waals surface area contributed by atoms with Crippen LogP contribution in [0.15, 0.2) is 29.0 Å². The molecule has 1 rings (SSSR count). The summed E-state index contributed by atoms with van der Waals surface area (Å²) < 4.78 is 36.0. The molecule has 9 heteroatoms. The predicted octanol–water partition coefficient (Wildman–Crippen LogP) is -1.54. The van der Waals surface area contributed by atoms with Crippen molar-refractivity contribution in [3.63, 3.8) is 0 Å². The number of nitrogens with two attached hydrogens (primary N) is 1. The van der Waals surface area contributed by atoms with Gasteiger partial charge < -0.3 is 14.6 Å². The van der Waals surface area contributed by atoms with Gasteiger partial charge in [-0.3, -0.25) is 5.32 Å². The Morgan fingerprint density at radius 3 is 2.39 bits per heavy atom. The fraction of sp³-hybridized carbons (Fsp3) is 0.222. The van der Waals surface area contributed by atoms with Crippen LogP contribution in [0, 0.1) is 0 Å². The zero-order chi connectivity index (χ0) is 14.2. The number of hydrogen-bond donors (Lipinski definition) is 1. The van der Waals surface area contributed by atoms with Gasteiger partial charge in [-0.25, -0.2) is 9.79 Å². The quantitative estimate of drug-likeness (QED) is 0.484. The number of aliphatic imine (C=N–C) groups is 1. The van der Waals surface area contributed by atoms with Crippen molar-refractivity contribution < 1.29 is 37.9 Å². The average Bonchev–Trinajstić information content (AvgIpc) is 2.78. The molecule has 6 nitrogen and oxygen atoms in total. The van der Waals surface area contributed by atoms with Gasteiger partial charge in [-0.1, -0.05) is 0 Å². The van der Waals surface area contributed by atoms with Crippen LogP contribution < -0.4 is 10.4 Å². The first-order chi connectivity index (χ1) is 8.27. The maximum absolute atomic E-state index is 10.6. The van der Waals surface area contributed by atoms with Crippen LogP contribution in [0.3, 0.4) is 0 Å². The summed E-state index contributed by atoms with van der Waals surface area (Å²) in [5, 5.41) is 10.6. The number of aliphatic carboxylic acids is 1. The van der Waals surface area contributed by atoms with E-state index < -0.39 is 12.1 Å². The van der Waals surface area contributed by atoms with Gasteiger partial charge in [0.15, 0.2) is 12.0 Å². The highest BCUT2D eigenvalue weighted by Crippen LogP contribution is 2.11. The number of hydrogen-bond acceptors (Lipinski definition) is 5. The van der Waals surface area contributed by atoms with Crippen LogP contribution in [0.5, 0.6) is 0 Å². The number of ether oxygens (including phenoxy) is 1. The van der Waals surface area contributed by atoms with Crippen molar-refractivity contribution >= 4 is 18.3 Å². The normalized spacial score (nSPS) is 13.9. The first-order valence-electron chi connectivity index (χ1n) is 4.38. The van der Waals surface area contributed by atoms with Crippen molar-refractivity contribution in [3.05, 3.63) is 24.0 Å². The van der Waals surface area contributed by atoms with Gasteiger partial charge in [-0.2, -0.15) is 13.2 Å². The number of rotatable bonds is 2. The molecule has 0 bridgehead atoms. The van der Waals surface area contributed by atoms with E-state index in [-0.39, 0.29) is 5.97 Å². The number of methoxy groups -OCH3 is 1. The van der Waals surface area contributed by atoms with Gasteiger partial charge in [0, 0.05) is 12.2 Å². The number of quaternary nitrogens is 1. The van der Waals surface area contributed by atoms with Crippen molar-refractivity contribution in [2.24, 2.45) is 4.99 Å². The third-order valence-corrected chi connectivity index (χ3v) is 1.42. The minimum absolute atomic E-state index is 0.355. The standard InChI is InChI=1S/C7H8N2O2.C2HF3O2/c1-11-7(10)3-2-6-4-8-5-9-6;3-2(4,5)1(6)7/h2-5H,1H3,(H,8,9);(H,6,7)/b3-2+;. The number of carboxylic acids is 1. The Kier molecular flexibility index (Phi) is 6.35. The zero-order valence-electron chi connectivity index (χ0n) is 9.10. The molecular weight excluding hydrogens is 257 g/mol. The van der Waals surface area contributed by atoms with Crippen LogP contribution in [0.2, 0.25) is 0 Å². The molecule has 0 saturated carbocycles. The third kappa shape index (κ3) is 7.17. The van der Waals surface area contributed by atoms with E-state index in [0.29, 0.717) is 0 Å². The molecule has 1 aliphatic heterocycles. The number of halogens is 3. The first-order valence-corrected chi connectivity index (χ1v) is 4.38. The van der Waals surface area contributed by atoms with Gasteiger partial charge in [0.25, 0.3) is 0 Å². The monoisotopic (exact) mass is 266 g/mol. The molecule has 0 aliphatic carbocycles. The number of allylic oxidation sites excluding steroid dienone is 1. The van der Waals surface area contributed by atoms with E-state index in [9.17, 15) is 18.0 Å². The Balaban J connectivity index is 0.000000360. The Bertz CT molecular complexity index is 399. The summed E-state index contributed by atoms with van der Waals surface area (Å²) in [6.45, 7) is 0. The molecule has 0 aromatic heterocycles. The van der Waals surface area contributed by atoms with Crippen LogP contribution in [-0.4, -0.2) is 31.6 Å². The topological polar surface area (TPSA) is 95.4 Å². The predicted molar refractivity (Wildman–Crippen MR) is 50.7 cm³/mol. The van der Waals surface area contributed by atoms with E-state index in [2.05, 4.69) is 9.73 Å². The highest BCUT2D eigenvalue weighted by atomic mass is 19.4. The summed E-state index contributed by atoms with van der Waals surface area (Å²) in [4.78, 5) is 23.2. The number of nitrogens with zero attached hydrogens (tertiary/aromatic N) is 1. The Hall–Kier alpha value is -2.16. The summed E-state index contributed by atoms with van der Waals surface area (Å²) >= 11 is 0. The lowest BCUT2D eigenvalue weighted by molar-refractivity contribution is -0.464. The molecule has 0 atom stereocenters. The zero-order valence-corrected chi connectivity index (χ0v) is 9.10. The van der Waals surface area contributed by atoms with E-state index >= 15 is 0 Å². The Labute approximate surface area is 99.5 Å². The molecule has 0 saturated heterocycles. The first kappa shape index (κ1) is 15.8. The highest BCUT2D eigenvalue weighted by Gasteiger charge is 2.28. The lowest BCUT2D eigenvalue weighted by Gasteiger charge is -2.03. The summed E-state index contributed by atoms with van der Waals surface area (Å²) in [6.07, 6.45) is 1.15. The smallest absolute Gasteiger partial charge is 0.430 e. The minimum Gasteiger partial charge on any atom is -0.542 e. The van der Waals surface area contributed by atoms with Gasteiger partial charge in [0.05, 0.1) is 13.3 Å². The van der Waals surface area contributed by atoms with Crippen molar-refractivity contribution in [1.82, 2.24) is 0 Å². The molecule has 0 unspecified atom stereocenters. The number of carbonyl (C=O) groups excluding carboxylic acids is 2. The summed E-state index contributed by atoms with van der Waals surface area (Å²) in [7, 11) is 1.34. The number of carboxylic acid groups (broad SMARTS) is 1. The molecule has 0 aromatic carbocycles. The van der Waals surface area contributed by atoms with Crippen molar-refractivity contribution in [2.75, 3.05) is 7.11 Å². The minimum atomic E-state index is -5.19. The molecule has 100 valence electrons. The third-order valence-electron chi connectivity index (χ3n) is 1.42. The molecule has 0 amide bonds. The molecule has 0 spiro atoms. The van der Waals surface area contributed by atoms with Gasteiger partial charge >= 0.3 is 12.1 Å². The van der Waals surface area contributed by atoms with Crippen LogP contribution in [0.1, 0.15) is 0 Å². The molecular formula is C9H9F3N2O4. The Morgan fingerprint density at radius 2 is 2.06 bits per heavy atom. The fourth-order valence-corrected chi connectivity index (χ4v) is 0.632. The van der Waals surface area contributed by atoms with E-state index in [4.69, 9.17) is 9.90 Å². The van der Waals surface area contributed by atoms with Crippen molar-refractivity contribution in [1.29, 1.82) is 0 Å². The van der Waals surface area contributed by atoms with Crippen molar-refractivity contribution in [3.8, 4) is 0 Å². The number of carbonyl (C=O) groups is 2. The second-order valence-corrected chi connectivity index (χ2v) is 2.74. The summed E-state index contributed by atoms with van der Waals surface area (Å²) in [6, 6.07) is 0. The van der Waals surface area contributed by atoms with Gasteiger partial charge in [0.1, 0.15) is 5.97 Å². The summed E-state index contributed by atoms with van der Waals surface area (Å²) in [5.41, 5.74) is 0.899. The fourth-order valence-electron chi connectivity index (χ4n) is 0.632. The van der Waals surface area contributed by atoms with E-state index in [1.165, 1.54) is 13.2 Å². The maximum atomic E-state index is 10.6. The van der Waals surface area contributed by atoms with Crippen LogP contribution in [0.25, 0.3) is 0 Å². The molecule has 1 heterocycles. The Morgan fingerprint density at radius 1 is 1.50 bits per heavy atom. The lowest BCUT2D eigenvalue weighted by atomic mass is 10.4. The van der Waals surface area contributed by atoms with E-state index in [1.54, 1.807) is 23.9 Å². The SMILES string of the molecule is COC(=O)/C=C/C1=CN=C[NH2+]1.O=C([O-])C(F)(F)F. The molecule has 0 fully saturated rings. The second-order valence-electron chi connectivity index (χ2n) is 2.74. The average molecular weight is 266 g/mol.